The van der Waals surface area contributed by atoms with E-state index in [4.69, 9.17) is 14.1 Å². The van der Waals surface area contributed by atoms with Crippen LogP contribution in [0.2, 0.25) is 0 Å². The van der Waals surface area contributed by atoms with Crippen molar-refractivity contribution < 1.29 is 27.1 Å². The zero-order chi connectivity index (χ0) is 34.9. The lowest BCUT2D eigenvalue weighted by atomic mass is 10.1. The van der Waals surface area contributed by atoms with E-state index in [1.807, 2.05) is 37.2 Å². The van der Waals surface area contributed by atoms with E-state index in [9.17, 15) is 18.0 Å². The first-order valence-corrected chi connectivity index (χ1v) is 15.6. The minimum absolute atomic E-state index is 0.000511. The number of benzene rings is 1. The monoisotopic (exact) mass is 675 g/mol. The van der Waals surface area contributed by atoms with E-state index in [0.29, 0.717) is 42.0 Å². The topological polar surface area (TPSA) is 126 Å². The molecule has 2 N–H and O–H groups in total. The van der Waals surface area contributed by atoms with E-state index < -0.39 is 18.7 Å². The minimum Gasteiger partial charge on any atom is -0.466 e. The molecule has 1 fully saturated rings. The van der Waals surface area contributed by atoms with Crippen LogP contribution in [0.4, 0.5) is 36.3 Å². The number of likely N-dealkylation sites (N-methyl/N-ethyl adjacent to an activating group) is 2. The van der Waals surface area contributed by atoms with Crippen LogP contribution in [0.5, 0.6) is 5.88 Å². The van der Waals surface area contributed by atoms with Crippen LogP contribution in [0.1, 0.15) is 24.6 Å². The number of carbonyl (C=O) groups is 1. The Hall–Kier alpha value is -5.44. The van der Waals surface area contributed by atoms with Crippen molar-refractivity contribution >= 4 is 40.0 Å². The van der Waals surface area contributed by atoms with Crippen LogP contribution in [0.3, 0.4) is 0 Å². The van der Waals surface area contributed by atoms with Gasteiger partial charge in [-0.05, 0) is 52.1 Å². The van der Waals surface area contributed by atoms with Crippen LogP contribution < -0.4 is 20.3 Å². The van der Waals surface area contributed by atoms with Gasteiger partial charge in [0.1, 0.15) is 11.4 Å². The Morgan fingerprint density at radius 1 is 1.10 bits per heavy atom. The number of halogens is 3. The maximum Gasteiger partial charge on any atom is 0.422 e. The molecule has 0 aliphatic heterocycles. The summed E-state index contributed by atoms with van der Waals surface area (Å²) in [5, 5.41) is 6.67. The van der Waals surface area contributed by atoms with Crippen molar-refractivity contribution in [3.8, 4) is 28.6 Å². The standard InChI is InChI=1S/C34H36F3N9O3/c1-6-28(47)40-25-15-26(32(48-19-34(35,36)37)43-30(25)45(5)14-13-44(3)4)41-33-39-17-23(31-38-16-20(2)49-31)29(42-33)24-18-46(21-11-12-21)27-10-8-7-9-22(24)27/h6-10,15-18,21H,1,11-14,19H2,2-5H3,(H,40,47)(H,39,41,42). The smallest absolute Gasteiger partial charge is 0.422 e. The SMILES string of the molecule is C=CC(=O)Nc1cc(Nc2ncc(-c3ncc(C)o3)c(-c3cn(C4CC4)c4ccccc34)n2)c(OCC(F)(F)F)nc1N(C)CCN(C)C. The third-order valence-corrected chi connectivity index (χ3v) is 7.85. The second-order valence-electron chi connectivity index (χ2n) is 12.1. The molecule has 0 saturated heterocycles. The van der Waals surface area contributed by atoms with Crippen molar-refractivity contribution in [2.75, 3.05) is 56.4 Å². The second kappa shape index (κ2) is 13.6. The van der Waals surface area contributed by atoms with Gasteiger partial charge in [0.2, 0.25) is 23.6 Å². The van der Waals surface area contributed by atoms with Crippen molar-refractivity contribution in [2.45, 2.75) is 32.0 Å². The molecule has 1 amide bonds. The van der Waals surface area contributed by atoms with Gasteiger partial charge in [-0.15, -0.1) is 0 Å². The van der Waals surface area contributed by atoms with E-state index >= 15 is 0 Å². The molecule has 256 valence electrons. The fourth-order valence-electron chi connectivity index (χ4n) is 5.31. The maximum absolute atomic E-state index is 13.4. The number of alkyl halides is 3. The lowest BCUT2D eigenvalue weighted by Gasteiger charge is -2.25. The number of ether oxygens (including phenoxy) is 1. The predicted octanol–water partition coefficient (Wildman–Crippen LogP) is 6.60. The average molecular weight is 676 g/mol. The van der Waals surface area contributed by atoms with Crippen molar-refractivity contribution in [2.24, 2.45) is 0 Å². The second-order valence-corrected chi connectivity index (χ2v) is 12.1. The Morgan fingerprint density at radius 2 is 1.88 bits per heavy atom. The number of pyridine rings is 1. The summed E-state index contributed by atoms with van der Waals surface area (Å²) >= 11 is 0. The molecule has 5 aromatic rings. The van der Waals surface area contributed by atoms with Gasteiger partial charge < -0.3 is 34.2 Å². The highest BCUT2D eigenvalue weighted by Crippen LogP contribution is 2.43. The minimum atomic E-state index is -4.64. The molecule has 15 heteroatoms. The first-order valence-electron chi connectivity index (χ1n) is 15.6. The molecule has 1 aliphatic carbocycles. The Bertz CT molecular complexity index is 2000. The Labute approximate surface area is 280 Å². The third-order valence-electron chi connectivity index (χ3n) is 7.85. The largest absolute Gasteiger partial charge is 0.466 e. The van der Waals surface area contributed by atoms with E-state index in [-0.39, 0.29) is 29.0 Å². The summed E-state index contributed by atoms with van der Waals surface area (Å²) < 4.78 is 53.6. The van der Waals surface area contributed by atoms with Gasteiger partial charge in [0.15, 0.2) is 12.4 Å². The molecule has 0 radical (unpaired) electrons. The number of anilines is 4. The number of nitrogens with zero attached hydrogens (tertiary/aromatic N) is 7. The van der Waals surface area contributed by atoms with Gasteiger partial charge in [-0.2, -0.15) is 18.2 Å². The number of rotatable bonds is 13. The van der Waals surface area contributed by atoms with Crippen molar-refractivity contribution in [3.05, 3.63) is 67.3 Å². The first kappa shape index (κ1) is 33.5. The number of hydrogen-bond acceptors (Lipinski definition) is 10. The van der Waals surface area contributed by atoms with Gasteiger partial charge in [0.25, 0.3) is 0 Å². The molecular weight excluding hydrogens is 639 g/mol. The molecule has 1 aromatic carbocycles. The maximum atomic E-state index is 13.4. The van der Waals surface area contributed by atoms with Crippen LogP contribution in [-0.2, 0) is 4.79 Å². The summed E-state index contributed by atoms with van der Waals surface area (Å²) in [6.45, 7) is 4.76. The van der Waals surface area contributed by atoms with Crippen LogP contribution >= 0.6 is 0 Å². The zero-order valence-corrected chi connectivity index (χ0v) is 27.5. The van der Waals surface area contributed by atoms with E-state index in [1.54, 1.807) is 31.3 Å². The molecule has 0 spiro atoms. The highest BCUT2D eigenvalue weighted by Gasteiger charge is 2.31. The number of aryl methyl sites for hydroxylation is 1. The van der Waals surface area contributed by atoms with Crippen LogP contribution in [-0.4, -0.2) is 82.3 Å². The molecule has 1 saturated carbocycles. The van der Waals surface area contributed by atoms with Crippen LogP contribution in [0.25, 0.3) is 33.6 Å². The number of hydrogen-bond donors (Lipinski definition) is 2. The average Bonchev–Trinajstić information content (AvgIpc) is 3.70. The van der Waals surface area contributed by atoms with Gasteiger partial charge in [0, 0.05) is 55.0 Å². The first-order chi connectivity index (χ1) is 23.4. The van der Waals surface area contributed by atoms with Gasteiger partial charge in [-0.3, -0.25) is 4.79 Å². The lowest BCUT2D eigenvalue weighted by molar-refractivity contribution is -0.153. The van der Waals surface area contributed by atoms with Crippen molar-refractivity contribution in [1.29, 1.82) is 0 Å². The highest BCUT2D eigenvalue weighted by molar-refractivity contribution is 6.01. The number of para-hydroxylation sites is 1. The molecule has 0 bridgehead atoms. The third kappa shape index (κ3) is 7.67. The summed E-state index contributed by atoms with van der Waals surface area (Å²) in [6.07, 6.45) is 3.78. The van der Waals surface area contributed by atoms with Crippen molar-refractivity contribution in [1.82, 2.24) is 29.4 Å². The van der Waals surface area contributed by atoms with Gasteiger partial charge in [-0.25, -0.2) is 15.0 Å². The fourth-order valence-corrected chi connectivity index (χ4v) is 5.31. The molecule has 6 rings (SSSR count). The lowest BCUT2D eigenvalue weighted by Crippen LogP contribution is -2.30. The molecule has 0 atom stereocenters. The summed E-state index contributed by atoms with van der Waals surface area (Å²) in [5.41, 5.74) is 3.10. The van der Waals surface area contributed by atoms with E-state index in [1.165, 1.54) is 6.07 Å². The molecule has 49 heavy (non-hydrogen) atoms. The quantitative estimate of drug-likeness (QED) is 0.132. The molecule has 4 heterocycles. The normalized spacial score (nSPS) is 13.1. The molecule has 12 nitrogen and oxygen atoms in total. The van der Waals surface area contributed by atoms with Gasteiger partial charge in [0.05, 0.1) is 23.1 Å². The summed E-state index contributed by atoms with van der Waals surface area (Å²) in [7, 11) is 5.49. The molecule has 1 aliphatic rings. The van der Waals surface area contributed by atoms with Crippen LogP contribution in [0, 0.1) is 6.92 Å². The van der Waals surface area contributed by atoms with Crippen molar-refractivity contribution in [3.63, 3.8) is 0 Å². The van der Waals surface area contributed by atoms with E-state index in [2.05, 4.69) is 49.0 Å². The molecule has 0 unspecified atom stereocenters. The molecular formula is C34H36F3N9O3. The van der Waals surface area contributed by atoms with Gasteiger partial charge in [-0.1, -0.05) is 24.8 Å². The Morgan fingerprint density at radius 3 is 2.55 bits per heavy atom. The number of aromatic nitrogens is 5. The highest BCUT2D eigenvalue weighted by atomic mass is 19.4. The number of fused-ring (bicyclic) bond motifs is 1. The number of nitrogens with one attached hydrogen (secondary N) is 2. The molecule has 4 aromatic heterocycles. The van der Waals surface area contributed by atoms with Gasteiger partial charge >= 0.3 is 6.18 Å². The number of carbonyl (C=O) groups excluding carboxylic acids is 1. The number of amides is 1. The summed E-state index contributed by atoms with van der Waals surface area (Å²) in [6, 6.07) is 9.81. The zero-order valence-electron chi connectivity index (χ0n) is 27.5. The number of oxazole rings is 1. The summed E-state index contributed by atoms with van der Waals surface area (Å²) in [5.74, 6) is 0.268. The fraction of sp³-hybridized carbons (Fsp3) is 0.324. The Kier molecular flexibility index (Phi) is 9.28. The summed E-state index contributed by atoms with van der Waals surface area (Å²) in [4.78, 5) is 34.3. The predicted molar refractivity (Wildman–Crippen MR) is 181 cm³/mol. The Balaban J connectivity index is 1.47. The van der Waals surface area contributed by atoms with Crippen LogP contribution in [0.15, 0.2) is 66.0 Å². The van der Waals surface area contributed by atoms with E-state index in [0.717, 1.165) is 35.4 Å².